The highest BCUT2D eigenvalue weighted by Crippen LogP contribution is 2.06. The molecule has 0 fully saturated rings. The smallest absolute Gasteiger partial charge is 0.418 e. The van der Waals surface area contributed by atoms with Gasteiger partial charge in [-0.15, -0.1) is 14.5 Å². The van der Waals surface area contributed by atoms with Crippen LogP contribution in [0.2, 0.25) is 0 Å². The molecular weight excluding hydrogens is 185 g/mol. The van der Waals surface area contributed by atoms with Gasteiger partial charge in [-0.05, 0) is 0 Å². The average Bonchev–Trinajstić information content (AvgIpc) is 1.88. The predicted octanol–water partition coefficient (Wildman–Crippen LogP) is -0.145. The van der Waals surface area contributed by atoms with Crippen LogP contribution >= 0.6 is 0 Å². The van der Waals surface area contributed by atoms with Gasteiger partial charge in [0, 0.05) is 0 Å². The summed E-state index contributed by atoms with van der Waals surface area (Å²) in [5, 5.41) is 0.181. The summed E-state index contributed by atoms with van der Waals surface area (Å²) in [4.78, 5) is 13.6. The third kappa shape index (κ3) is 22.6. The number of quaternary nitrogens is 1. The molecule has 0 rings (SSSR count). The van der Waals surface area contributed by atoms with E-state index in [-0.39, 0.29) is 5.39 Å². The van der Waals surface area contributed by atoms with Gasteiger partial charge in [-0.3, -0.25) is 0 Å². The molecule has 0 spiro atoms. The van der Waals surface area contributed by atoms with Gasteiger partial charge in [-0.25, -0.2) is 0 Å². The molecule has 0 aliphatic carbocycles. The van der Waals surface area contributed by atoms with Crippen LogP contribution in [-0.4, -0.2) is 28.6 Å². The van der Waals surface area contributed by atoms with Crippen LogP contribution in [0.4, 0.5) is 17.3 Å². The third-order valence-electron chi connectivity index (χ3n) is 0.500. The Morgan fingerprint density at radius 2 is 1.00 bits per heavy atom. The summed E-state index contributed by atoms with van der Waals surface area (Å²) in [5.41, 5.74) is 0. The average molecular weight is 195 g/mol. The van der Waals surface area contributed by atoms with Crippen molar-refractivity contribution in [2.75, 3.05) is 21.3 Å². The van der Waals surface area contributed by atoms with Crippen molar-refractivity contribution >= 4 is 7.25 Å². The molecule has 0 unspecified atom stereocenters. The van der Waals surface area contributed by atoms with E-state index in [0.717, 1.165) is 0 Å². The first-order valence-corrected chi connectivity index (χ1v) is 2.71. The van der Waals surface area contributed by atoms with Crippen LogP contribution in [0.1, 0.15) is 0 Å². The van der Waals surface area contributed by atoms with Crippen LogP contribution < -0.4 is 5.39 Å². The fourth-order valence-electron chi connectivity index (χ4n) is 0.250. The van der Waals surface area contributed by atoms with Crippen LogP contribution in [0.5, 0.6) is 0 Å². The van der Waals surface area contributed by atoms with Crippen molar-refractivity contribution in [2.45, 2.75) is 0 Å². The zero-order valence-electron chi connectivity index (χ0n) is 6.81. The van der Waals surface area contributed by atoms with Crippen molar-refractivity contribution < 1.29 is 37.2 Å². The molecule has 12 heavy (non-hydrogen) atoms. The molecule has 0 bridgehead atoms. The van der Waals surface area contributed by atoms with Gasteiger partial charge >= 0.3 is 7.25 Å². The molecule has 4 nitrogen and oxygen atoms in total. The Bertz CT molecular complexity index is 86.5. The Kier molecular flexibility index (Phi) is 8.60. The second-order valence-corrected chi connectivity index (χ2v) is 1.36. The van der Waals surface area contributed by atoms with Crippen molar-refractivity contribution in [2.24, 2.45) is 0 Å². The first kappa shape index (κ1) is 14.2. The van der Waals surface area contributed by atoms with E-state index in [1.165, 1.54) is 21.3 Å². The van der Waals surface area contributed by atoms with Crippen LogP contribution in [0.15, 0.2) is 0 Å². The minimum atomic E-state index is -6.00. The highest BCUT2D eigenvalue weighted by Gasteiger charge is 2.20. The monoisotopic (exact) mass is 195 g/mol. The lowest BCUT2D eigenvalue weighted by Gasteiger charge is -2.03. The van der Waals surface area contributed by atoms with E-state index in [9.17, 15) is 17.3 Å². The molecule has 0 aromatic carbocycles. The molecule has 76 valence electrons. The summed E-state index contributed by atoms with van der Waals surface area (Å²) in [6.45, 7) is 0. The number of rotatable bonds is 3. The Labute approximate surface area is 67.0 Å². The lowest BCUT2D eigenvalue weighted by atomic mass is 10.3. The Balaban J connectivity index is 0. The molecule has 0 aromatic rings. The lowest BCUT2D eigenvalue weighted by Crippen LogP contribution is -3.08. The fraction of sp³-hybridized carbons (Fsp3) is 1.00. The molecule has 0 aliphatic rings. The fourth-order valence-corrected chi connectivity index (χ4v) is 0.250. The second-order valence-electron chi connectivity index (χ2n) is 1.36. The van der Waals surface area contributed by atoms with Gasteiger partial charge in [0.1, 0.15) is 21.3 Å². The molecule has 9 heteroatoms. The van der Waals surface area contributed by atoms with Gasteiger partial charge in [-0.2, -0.15) is 0 Å². The van der Waals surface area contributed by atoms with E-state index >= 15 is 0 Å². The van der Waals surface area contributed by atoms with Crippen LogP contribution in [0.3, 0.4) is 0 Å². The van der Waals surface area contributed by atoms with E-state index < -0.39 is 7.25 Å². The maximum absolute atomic E-state index is 9.75. The molecule has 0 heterocycles. The van der Waals surface area contributed by atoms with Gasteiger partial charge in [0.25, 0.3) is 0 Å². The van der Waals surface area contributed by atoms with Gasteiger partial charge in [0.15, 0.2) is 0 Å². The summed E-state index contributed by atoms with van der Waals surface area (Å²) in [6.07, 6.45) is 0. The second kappa shape index (κ2) is 7.28. The predicted molar refractivity (Wildman–Crippen MR) is 32.2 cm³/mol. The standard InChI is InChI=1S/C3H10NO3.BF4/c1-5-4(6-2)7-3;2-1(3,4)5/h4H,1-3H3;/q+1;-1. The summed E-state index contributed by atoms with van der Waals surface area (Å²) in [5.74, 6) is 0. The van der Waals surface area contributed by atoms with Gasteiger partial charge in [0.05, 0.1) is 5.39 Å². The largest absolute Gasteiger partial charge is 0.673 e. The van der Waals surface area contributed by atoms with Crippen molar-refractivity contribution in [3.8, 4) is 0 Å². The van der Waals surface area contributed by atoms with Crippen LogP contribution in [-0.2, 0) is 14.5 Å². The van der Waals surface area contributed by atoms with Gasteiger partial charge in [-0.1, -0.05) is 0 Å². The molecule has 0 saturated carbocycles. The number of hydrogen-bond acceptors (Lipinski definition) is 3. The minimum Gasteiger partial charge on any atom is -0.418 e. The normalized spacial score (nSPS) is 11.0. The molecule has 0 radical (unpaired) electrons. The number of nitrogens with one attached hydrogen (secondary N) is 1. The minimum absolute atomic E-state index is 0.181. The van der Waals surface area contributed by atoms with Gasteiger partial charge < -0.3 is 17.3 Å². The zero-order valence-corrected chi connectivity index (χ0v) is 6.81. The van der Waals surface area contributed by atoms with Crippen LogP contribution in [0, 0.1) is 0 Å². The summed E-state index contributed by atoms with van der Waals surface area (Å²) < 4.78 is 39.0. The lowest BCUT2D eigenvalue weighted by molar-refractivity contribution is -1.36. The number of hydrogen-bond donors (Lipinski definition) is 1. The van der Waals surface area contributed by atoms with E-state index in [4.69, 9.17) is 0 Å². The van der Waals surface area contributed by atoms with Gasteiger partial charge in [0.2, 0.25) is 0 Å². The van der Waals surface area contributed by atoms with Crippen molar-refractivity contribution in [3.63, 3.8) is 0 Å². The molecule has 0 aromatic heterocycles. The Hall–Kier alpha value is -0.375. The highest BCUT2D eigenvalue weighted by molar-refractivity contribution is 6.50. The quantitative estimate of drug-likeness (QED) is 0.386. The molecular formula is C3H10BF4NO3. The van der Waals surface area contributed by atoms with E-state index in [1.807, 2.05) is 0 Å². The first-order valence-electron chi connectivity index (χ1n) is 2.71. The summed E-state index contributed by atoms with van der Waals surface area (Å²) >= 11 is 0. The first-order chi connectivity index (χ1) is 5.35. The number of halogens is 4. The summed E-state index contributed by atoms with van der Waals surface area (Å²) in [7, 11) is -1.58. The Morgan fingerprint density at radius 1 is 0.833 bits per heavy atom. The molecule has 0 saturated heterocycles. The molecule has 0 atom stereocenters. The molecule has 0 amide bonds. The summed E-state index contributed by atoms with van der Waals surface area (Å²) in [6, 6.07) is 0. The van der Waals surface area contributed by atoms with Crippen molar-refractivity contribution in [3.05, 3.63) is 0 Å². The maximum Gasteiger partial charge on any atom is 0.673 e. The molecule has 1 N–H and O–H groups in total. The molecule has 0 aliphatic heterocycles. The van der Waals surface area contributed by atoms with E-state index in [0.29, 0.717) is 0 Å². The maximum atomic E-state index is 9.75. The van der Waals surface area contributed by atoms with E-state index in [1.54, 1.807) is 0 Å². The van der Waals surface area contributed by atoms with Crippen LogP contribution in [0.25, 0.3) is 0 Å². The highest BCUT2D eigenvalue weighted by atomic mass is 19.5. The van der Waals surface area contributed by atoms with E-state index in [2.05, 4.69) is 14.5 Å². The zero-order chi connectivity index (χ0) is 10.2. The third-order valence-corrected chi connectivity index (χ3v) is 0.500. The Morgan fingerprint density at radius 3 is 1.00 bits per heavy atom. The topological polar surface area (TPSA) is 32.1 Å². The van der Waals surface area contributed by atoms with Crippen molar-refractivity contribution in [1.82, 2.24) is 0 Å². The SMILES string of the molecule is CO[NH+](OC)OC.F[B-](F)(F)F. The van der Waals surface area contributed by atoms with Crippen molar-refractivity contribution in [1.29, 1.82) is 0 Å².